The lowest BCUT2D eigenvalue weighted by Gasteiger charge is -2.38. The van der Waals surface area contributed by atoms with Crippen molar-refractivity contribution in [3.63, 3.8) is 0 Å². The highest BCUT2D eigenvalue weighted by atomic mass is 32.3. The molecule has 0 rings (SSSR count). The first-order chi connectivity index (χ1) is 7.20. The Labute approximate surface area is 105 Å². The number of allylic oxidation sites excluding steroid dienone is 2. The van der Waals surface area contributed by atoms with Gasteiger partial charge in [0.15, 0.2) is 0 Å². The van der Waals surface area contributed by atoms with Crippen molar-refractivity contribution in [1.29, 1.82) is 0 Å². The summed E-state index contributed by atoms with van der Waals surface area (Å²) in [6.45, 7) is 14.0. The molecule has 0 aliphatic carbocycles. The van der Waals surface area contributed by atoms with Crippen LogP contribution in [0.25, 0.3) is 0 Å². The lowest BCUT2D eigenvalue weighted by atomic mass is 9.99. The van der Waals surface area contributed by atoms with Crippen molar-refractivity contribution in [2.24, 2.45) is 11.8 Å². The van der Waals surface area contributed by atoms with Crippen LogP contribution >= 0.6 is 10.0 Å². The van der Waals surface area contributed by atoms with Crippen LogP contribution in [0.1, 0.15) is 48.0 Å². The van der Waals surface area contributed by atoms with Crippen LogP contribution in [0.3, 0.4) is 0 Å². The normalized spacial score (nSPS) is 18.7. The molecule has 0 N–H and O–H groups in total. The molecule has 16 heavy (non-hydrogen) atoms. The van der Waals surface area contributed by atoms with E-state index in [0.29, 0.717) is 0 Å². The van der Waals surface area contributed by atoms with Crippen LogP contribution in [0.15, 0.2) is 11.6 Å². The third-order valence-electron chi connectivity index (χ3n) is 3.92. The standard InChI is InChI=1S/C15H32S/c1-9-13(4)10-14(5)15(6)11-16(7,8)12(2)3/h10,12-13,15H,9,11H2,1-8H3/b14-10+. The Hall–Kier alpha value is 0.0900. The molecule has 2 atom stereocenters. The van der Waals surface area contributed by atoms with Gasteiger partial charge in [0.2, 0.25) is 0 Å². The molecule has 0 radical (unpaired) electrons. The molecule has 0 spiro atoms. The van der Waals surface area contributed by atoms with Crippen LogP contribution in [0.2, 0.25) is 0 Å². The molecule has 0 amide bonds. The van der Waals surface area contributed by atoms with Crippen molar-refractivity contribution in [2.75, 3.05) is 18.3 Å². The van der Waals surface area contributed by atoms with Gasteiger partial charge in [0.1, 0.15) is 0 Å². The lowest BCUT2D eigenvalue weighted by Crippen LogP contribution is -2.18. The van der Waals surface area contributed by atoms with Gasteiger partial charge in [0.25, 0.3) is 0 Å². The molecule has 0 fully saturated rings. The fourth-order valence-electron chi connectivity index (χ4n) is 1.70. The molecular weight excluding hydrogens is 212 g/mol. The summed E-state index contributed by atoms with van der Waals surface area (Å²) in [5, 5.41) is 0.839. The zero-order valence-electron chi connectivity index (χ0n) is 12.6. The highest BCUT2D eigenvalue weighted by molar-refractivity contribution is 8.33. The van der Waals surface area contributed by atoms with Gasteiger partial charge in [-0.25, -0.2) is 10.0 Å². The summed E-state index contributed by atoms with van der Waals surface area (Å²) in [7, 11) is -0.426. The van der Waals surface area contributed by atoms with Gasteiger partial charge in [-0.2, -0.15) is 0 Å². The second kappa shape index (κ2) is 6.74. The van der Waals surface area contributed by atoms with E-state index in [0.717, 1.165) is 17.1 Å². The van der Waals surface area contributed by atoms with E-state index >= 15 is 0 Å². The van der Waals surface area contributed by atoms with Gasteiger partial charge in [-0.1, -0.05) is 52.7 Å². The van der Waals surface area contributed by atoms with E-state index in [2.05, 4.69) is 60.1 Å². The van der Waals surface area contributed by atoms with Crippen molar-refractivity contribution in [3.05, 3.63) is 11.6 Å². The minimum absolute atomic E-state index is 0.426. The molecule has 0 heterocycles. The fraction of sp³-hybridized carbons (Fsp3) is 0.867. The van der Waals surface area contributed by atoms with Crippen LogP contribution in [0.5, 0.6) is 0 Å². The summed E-state index contributed by atoms with van der Waals surface area (Å²) in [4.78, 5) is 0. The monoisotopic (exact) mass is 244 g/mol. The van der Waals surface area contributed by atoms with E-state index in [1.165, 1.54) is 12.2 Å². The number of hydrogen-bond donors (Lipinski definition) is 0. The SMILES string of the molecule is CCC(C)/C=C(\C)C(C)CS(C)(C)C(C)C. The average Bonchev–Trinajstić information content (AvgIpc) is 2.16. The molecule has 0 aromatic heterocycles. The molecule has 0 aromatic rings. The Morgan fingerprint density at radius 1 is 1.12 bits per heavy atom. The summed E-state index contributed by atoms with van der Waals surface area (Å²) in [6, 6.07) is 0. The zero-order valence-corrected chi connectivity index (χ0v) is 13.4. The molecule has 0 saturated carbocycles. The highest BCUT2D eigenvalue weighted by Gasteiger charge is 2.20. The molecule has 0 aromatic carbocycles. The van der Waals surface area contributed by atoms with Crippen molar-refractivity contribution in [1.82, 2.24) is 0 Å². The molecule has 0 nitrogen and oxygen atoms in total. The Bertz CT molecular complexity index is 226. The maximum atomic E-state index is 2.48. The predicted octanol–water partition coefficient (Wildman–Crippen LogP) is 5.09. The minimum atomic E-state index is -0.426. The van der Waals surface area contributed by atoms with E-state index in [9.17, 15) is 0 Å². The second-order valence-corrected chi connectivity index (χ2v) is 10.6. The maximum absolute atomic E-state index is 2.48. The van der Waals surface area contributed by atoms with Crippen molar-refractivity contribution < 1.29 is 0 Å². The Morgan fingerprint density at radius 2 is 1.62 bits per heavy atom. The molecule has 0 saturated heterocycles. The molecule has 98 valence electrons. The van der Waals surface area contributed by atoms with E-state index < -0.39 is 10.0 Å². The Kier molecular flexibility index (Phi) is 6.77. The number of rotatable bonds is 6. The minimum Gasteiger partial charge on any atom is -0.244 e. The first kappa shape index (κ1) is 16.1. The molecular formula is C15H32S. The van der Waals surface area contributed by atoms with Gasteiger partial charge >= 0.3 is 0 Å². The largest absolute Gasteiger partial charge is 0.244 e. The fourth-order valence-corrected chi connectivity index (χ4v) is 3.64. The highest BCUT2D eigenvalue weighted by Crippen LogP contribution is 2.47. The number of hydrogen-bond acceptors (Lipinski definition) is 0. The van der Waals surface area contributed by atoms with Gasteiger partial charge in [-0.3, -0.25) is 0 Å². The summed E-state index contributed by atoms with van der Waals surface area (Å²) in [5.74, 6) is 2.87. The van der Waals surface area contributed by atoms with Crippen LogP contribution in [-0.2, 0) is 0 Å². The van der Waals surface area contributed by atoms with Crippen LogP contribution in [-0.4, -0.2) is 23.5 Å². The van der Waals surface area contributed by atoms with Crippen molar-refractivity contribution in [3.8, 4) is 0 Å². The first-order valence-corrected chi connectivity index (χ1v) is 9.27. The van der Waals surface area contributed by atoms with Crippen LogP contribution < -0.4 is 0 Å². The average molecular weight is 244 g/mol. The van der Waals surface area contributed by atoms with Crippen molar-refractivity contribution >= 4 is 10.0 Å². The van der Waals surface area contributed by atoms with Crippen LogP contribution in [0.4, 0.5) is 0 Å². The quantitative estimate of drug-likeness (QED) is 0.571. The molecule has 0 aliphatic heterocycles. The predicted molar refractivity (Wildman–Crippen MR) is 81.8 cm³/mol. The van der Waals surface area contributed by atoms with Gasteiger partial charge < -0.3 is 0 Å². The Balaban J connectivity index is 4.46. The Morgan fingerprint density at radius 3 is 2.00 bits per heavy atom. The smallest absolute Gasteiger partial charge is 0.0158 e. The topological polar surface area (TPSA) is 0 Å². The molecule has 0 aliphatic rings. The summed E-state index contributed by atoms with van der Waals surface area (Å²) >= 11 is 0. The third kappa shape index (κ3) is 5.43. The van der Waals surface area contributed by atoms with Gasteiger partial charge in [-0.15, -0.1) is 0 Å². The second-order valence-electron chi connectivity index (χ2n) is 6.04. The summed E-state index contributed by atoms with van der Waals surface area (Å²) < 4.78 is 0. The van der Waals surface area contributed by atoms with E-state index in [4.69, 9.17) is 0 Å². The maximum Gasteiger partial charge on any atom is -0.0158 e. The van der Waals surface area contributed by atoms with Crippen LogP contribution in [0, 0.1) is 11.8 Å². The van der Waals surface area contributed by atoms with E-state index in [1.54, 1.807) is 5.57 Å². The van der Waals surface area contributed by atoms with Gasteiger partial charge in [0, 0.05) is 0 Å². The first-order valence-electron chi connectivity index (χ1n) is 6.58. The zero-order chi connectivity index (χ0) is 12.9. The molecule has 0 bridgehead atoms. The third-order valence-corrected chi connectivity index (χ3v) is 7.84. The molecule has 1 heteroatoms. The van der Waals surface area contributed by atoms with E-state index in [1.807, 2.05) is 0 Å². The lowest BCUT2D eigenvalue weighted by molar-refractivity contribution is 0.669. The summed E-state index contributed by atoms with van der Waals surface area (Å²) in [6.07, 6.45) is 8.68. The molecule has 2 unspecified atom stereocenters. The van der Waals surface area contributed by atoms with Crippen molar-refractivity contribution in [2.45, 2.75) is 53.2 Å². The van der Waals surface area contributed by atoms with Gasteiger partial charge in [0.05, 0.1) is 0 Å². The van der Waals surface area contributed by atoms with E-state index in [-0.39, 0.29) is 0 Å². The van der Waals surface area contributed by atoms with Gasteiger partial charge in [-0.05, 0) is 42.3 Å². The summed E-state index contributed by atoms with van der Waals surface area (Å²) in [5.41, 5.74) is 1.59.